The molecule has 11 nitrogen and oxygen atoms in total. The van der Waals surface area contributed by atoms with Crippen molar-refractivity contribution in [3.63, 3.8) is 0 Å². The highest BCUT2D eigenvalue weighted by Crippen LogP contribution is 2.06. The fourth-order valence-corrected chi connectivity index (χ4v) is 2.84. The van der Waals surface area contributed by atoms with Gasteiger partial charge in [0.2, 0.25) is 11.8 Å². The molecule has 0 spiro atoms. The number of nitrogens with one attached hydrogen (secondary N) is 3. The number of carboxylic acid groups (broad SMARTS) is 1. The lowest BCUT2D eigenvalue weighted by molar-refractivity contribution is -0.139. The van der Waals surface area contributed by atoms with Gasteiger partial charge in [-0.3, -0.25) is 14.4 Å². The number of carbonyl (C=O) groups excluding carboxylic acids is 4. The smallest absolute Gasteiger partial charge is 0.408 e. The third-order valence-corrected chi connectivity index (χ3v) is 4.66. The minimum absolute atomic E-state index is 0.0300. The van der Waals surface area contributed by atoms with Gasteiger partial charge in [-0.25, -0.2) is 9.59 Å². The topological polar surface area (TPSA) is 160 Å². The minimum atomic E-state index is -1.20. The number of alkyl carbamates (subject to hydrolysis) is 1. The van der Waals surface area contributed by atoms with E-state index >= 15 is 0 Å². The molecule has 0 saturated carbocycles. The zero-order valence-electron chi connectivity index (χ0n) is 20.3. The number of benzene rings is 1. The SMILES string of the molecule is CCOC(=O)/C=C/[C@H](CC(=O)O)NC(=O)[C@H](C)NC(=O)[C@@H](NC(=O)OCc1ccccc1)C(C)C. The molecule has 3 atom stereocenters. The summed E-state index contributed by atoms with van der Waals surface area (Å²) in [5.41, 5.74) is 0.784. The van der Waals surface area contributed by atoms with Crippen LogP contribution in [0.15, 0.2) is 42.5 Å². The molecule has 0 heterocycles. The molecule has 0 aromatic heterocycles. The Morgan fingerprint density at radius 2 is 1.60 bits per heavy atom. The number of amides is 3. The number of carboxylic acids is 1. The Balaban J connectivity index is 2.70. The summed E-state index contributed by atoms with van der Waals surface area (Å²) in [5.74, 6) is -3.48. The van der Waals surface area contributed by atoms with Gasteiger partial charge in [-0.1, -0.05) is 50.3 Å². The molecule has 3 amide bonds. The van der Waals surface area contributed by atoms with E-state index in [1.807, 2.05) is 6.07 Å². The second-order valence-corrected chi connectivity index (χ2v) is 7.98. The number of rotatable bonds is 13. The molecule has 11 heteroatoms. The van der Waals surface area contributed by atoms with Gasteiger partial charge in [0.05, 0.1) is 19.1 Å². The Bertz CT molecular complexity index is 901. The Labute approximate surface area is 204 Å². The van der Waals surface area contributed by atoms with Crippen molar-refractivity contribution >= 4 is 29.8 Å². The van der Waals surface area contributed by atoms with Crippen molar-refractivity contribution in [2.45, 2.75) is 58.8 Å². The van der Waals surface area contributed by atoms with Crippen molar-refractivity contribution in [1.29, 1.82) is 0 Å². The van der Waals surface area contributed by atoms with E-state index in [9.17, 15) is 24.0 Å². The molecular formula is C24H33N3O8. The lowest BCUT2D eigenvalue weighted by atomic mass is 10.0. The van der Waals surface area contributed by atoms with E-state index in [1.165, 1.54) is 13.0 Å². The highest BCUT2D eigenvalue weighted by molar-refractivity contribution is 5.91. The van der Waals surface area contributed by atoms with Crippen LogP contribution in [0.1, 0.15) is 39.7 Å². The highest BCUT2D eigenvalue weighted by Gasteiger charge is 2.28. The molecule has 4 N–H and O–H groups in total. The molecule has 0 aliphatic rings. The monoisotopic (exact) mass is 491 g/mol. The fraction of sp³-hybridized carbons (Fsp3) is 0.458. The summed E-state index contributed by atoms with van der Waals surface area (Å²) in [6.45, 7) is 6.64. The maximum atomic E-state index is 12.7. The molecule has 0 bridgehead atoms. The average Bonchev–Trinajstić information content (AvgIpc) is 2.79. The molecule has 0 radical (unpaired) electrons. The Kier molecular flexibility index (Phi) is 12.6. The van der Waals surface area contributed by atoms with Gasteiger partial charge in [0.1, 0.15) is 18.7 Å². The molecule has 0 saturated heterocycles. The fourth-order valence-electron chi connectivity index (χ4n) is 2.84. The number of aliphatic carboxylic acids is 1. The maximum Gasteiger partial charge on any atom is 0.408 e. The first kappa shape index (κ1) is 29.1. The summed E-state index contributed by atoms with van der Waals surface area (Å²) in [7, 11) is 0. The van der Waals surface area contributed by atoms with E-state index in [-0.39, 0.29) is 19.1 Å². The summed E-state index contributed by atoms with van der Waals surface area (Å²) in [4.78, 5) is 60.0. The van der Waals surface area contributed by atoms with E-state index in [4.69, 9.17) is 14.6 Å². The van der Waals surface area contributed by atoms with Crippen LogP contribution in [-0.4, -0.2) is 59.7 Å². The predicted molar refractivity (Wildman–Crippen MR) is 126 cm³/mol. The highest BCUT2D eigenvalue weighted by atomic mass is 16.5. The lowest BCUT2D eigenvalue weighted by Crippen LogP contribution is -2.55. The van der Waals surface area contributed by atoms with Gasteiger partial charge in [0.25, 0.3) is 0 Å². The van der Waals surface area contributed by atoms with E-state index in [0.717, 1.165) is 11.6 Å². The molecule has 0 unspecified atom stereocenters. The molecule has 1 aromatic rings. The van der Waals surface area contributed by atoms with E-state index < -0.39 is 54.4 Å². The van der Waals surface area contributed by atoms with E-state index in [2.05, 4.69) is 16.0 Å². The average molecular weight is 492 g/mol. The van der Waals surface area contributed by atoms with Crippen LogP contribution >= 0.6 is 0 Å². The summed E-state index contributed by atoms with van der Waals surface area (Å²) < 4.78 is 9.89. The molecule has 0 aliphatic heterocycles. The van der Waals surface area contributed by atoms with Crippen LogP contribution in [0.3, 0.4) is 0 Å². The first-order valence-corrected chi connectivity index (χ1v) is 11.2. The summed E-state index contributed by atoms with van der Waals surface area (Å²) in [5, 5.41) is 16.5. The molecule has 35 heavy (non-hydrogen) atoms. The van der Waals surface area contributed by atoms with Crippen LogP contribution in [0.4, 0.5) is 4.79 Å². The quantitative estimate of drug-likeness (QED) is 0.239. The van der Waals surface area contributed by atoms with Gasteiger partial charge in [-0.2, -0.15) is 0 Å². The molecule has 192 valence electrons. The van der Waals surface area contributed by atoms with Crippen molar-refractivity contribution in [1.82, 2.24) is 16.0 Å². The number of hydrogen-bond donors (Lipinski definition) is 4. The second kappa shape index (κ2) is 15.1. The largest absolute Gasteiger partial charge is 0.481 e. The third kappa shape index (κ3) is 11.7. The van der Waals surface area contributed by atoms with Crippen molar-refractivity contribution in [2.24, 2.45) is 5.92 Å². The number of esters is 1. The van der Waals surface area contributed by atoms with Crippen LogP contribution < -0.4 is 16.0 Å². The van der Waals surface area contributed by atoms with Crippen LogP contribution in [0.5, 0.6) is 0 Å². The van der Waals surface area contributed by atoms with Crippen LogP contribution in [0.2, 0.25) is 0 Å². The van der Waals surface area contributed by atoms with E-state index in [1.54, 1.807) is 45.0 Å². The molecular weight excluding hydrogens is 458 g/mol. The van der Waals surface area contributed by atoms with Gasteiger partial charge < -0.3 is 30.5 Å². The Morgan fingerprint density at radius 3 is 2.17 bits per heavy atom. The van der Waals surface area contributed by atoms with Crippen LogP contribution in [-0.2, 0) is 35.3 Å². The number of carbonyl (C=O) groups is 5. The molecule has 0 aliphatic carbocycles. The summed E-state index contributed by atoms with van der Waals surface area (Å²) in [6.07, 6.45) is 0.969. The standard InChI is InChI=1S/C24H33N3O8/c1-5-34-20(30)12-11-18(13-19(28)29)26-22(31)16(4)25-23(32)21(15(2)3)27-24(33)35-14-17-9-7-6-8-10-17/h6-12,15-16,18,21H,5,13-14H2,1-4H3,(H,25,32)(H,26,31)(H,27,33)(H,28,29)/b12-11+/t16-,18+,21-/m0/s1. The number of ether oxygens (including phenoxy) is 2. The molecule has 0 fully saturated rings. The van der Waals surface area contributed by atoms with Crippen molar-refractivity contribution in [3.05, 3.63) is 48.0 Å². The predicted octanol–water partition coefficient (Wildman–Crippen LogP) is 1.52. The van der Waals surface area contributed by atoms with Gasteiger partial charge in [0.15, 0.2) is 0 Å². The van der Waals surface area contributed by atoms with Crippen molar-refractivity contribution < 1.29 is 38.6 Å². The lowest BCUT2D eigenvalue weighted by Gasteiger charge is -2.24. The molecule has 1 rings (SSSR count). The number of hydrogen-bond acceptors (Lipinski definition) is 7. The third-order valence-electron chi connectivity index (χ3n) is 4.66. The van der Waals surface area contributed by atoms with Gasteiger partial charge in [0, 0.05) is 6.08 Å². The zero-order chi connectivity index (χ0) is 26.4. The summed E-state index contributed by atoms with van der Waals surface area (Å²) in [6, 6.07) is 5.99. The first-order valence-electron chi connectivity index (χ1n) is 11.2. The minimum Gasteiger partial charge on any atom is -0.481 e. The van der Waals surface area contributed by atoms with Crippen molar-refractivity contribution in [2.75, 3.05) is 6.61 Å². The maximum absolute atomic E-state index is 12.7. The van der Waals surface area contributed by atoms with Crippen molar-refractivity contribution in [3.8, 4) is 0 Å². The summed E-state index contributed by atoms with van der Waals surface area (Å²) >= 11 is 0. The normalized spacial score (nSPS) is 13.4. The first-order chi connectivity index (χ1) is 16.5. The van der Waals surface area contributed by atoms with Crippen LogP contribution in [0, 0.1) is 5.92 Å². The Morgan fingerprint density at radius 1 is 0.943 bits per heavy atom. The second-order valence-electron chi connectivity index (χ2n) is 7.98. The van der Waals surface area contributed by atoms with E-state index in [0.29, 0.717) is 0 Å². The van der Waals surface area contributed by atoms with Gasteiger partial charge in [-0.15, -0.1) is 0 Å². The Hall–Kier alpha value is -3.89. The van der Waals surface area contributed by atoms with Gasteiger partial charge in [-0.05, 0) is 25.3 Å². The van der Waals surface area contributed by atoms with Gasteiger partial charge >= 0.3 is 18.0 Å². The van der Waals surface area contributed by atoms with Crippen LogP contribution in [0.25, 0.3) is 0 Å². The zero-order valence-corrected chi connectivity index (χ0v) is 20.3. The molecule has 1 aromatic carbocycles.